The summed E-state index contributed by atoms with van der Waals surface area (Å²) in [6.07, 6.45) is 0.185. The maximum Gasteiger partial charge on any atom is 0.264 e. The number of halogens is 2. The Bertz CT molecular complexity index is 1680. The molecule has 0 bridgehead atoms. The van der Waals surface area contributed by atoms with Crippen LogP contribution in [0.25, 0.3) is 0 Å². The maximum atomic E-state index is 14.4. The fourth-order valence-electron chi connectivity index (χ4n) is 4.72. The topological polar surface area (TPSA) is 86.8 Å². The van der Waals surface area contributed by atoms with Crippen LogP contribution in [0.5, 0.6) is 0 Å². The molecule has 0 aliphatic rings. The highest BCUT2D eigenvalue weighted by molar-refractivity contribution is 7.92. The average Bonchev–Trinajstić information content (AvgIpc) is 2.99. The van der Waals surface area contributed by atoms with Gasteiger partial charge in [0.05, 0.1) is 10.6 Å². The van der Waals surface area contributed by atoms with Crippen molar-refractivity contribution in [3.05, 3.63) is 131 Å². The van der Waals surface area contributed by atoms with E-state index in [1.807, 2.05) is 51.1 Å². The van der Waals surface area contributed by atoms with Crippen LogP contribution in [-0.2, 0) is 32.6 Å². The maximum absolute atomic E-state index is 14.4. The molecule has 4 aromatic rings. The largest absolute Gasteiger partial charge is 0.352 e. The van der Waals surface area contributed by atoms with Crippen LogP contribution in [0.4, 0.5) is 10.1 Å². The van der Waals surface area contributed by atoms with Gasteiger partial charge in [-0.15, -0.1) is 0 Å². The van der Waals surface area contributed by atoms with E-state index in [1.54, 1.807) is 48.5 Å². The summed E-state index contributed by atoms with van der Waals surface area (Å²) in [6, 6.07) is 26.2. The smallest absolute Gasteiger partial charge is 0.264 e. The standard InChI is InChI=1S/C34H35ClFN3O4S/c1-24(2)37-34(41)32(21-26-9-5-4-6-10-26)38(22-27-11-7-8-12-31(27)35)33(40)23-39(29-17-13-25(3)14-18-29)44(42,43)30-19-15-28(36)16-20-30/h4-20,24,32H,21-23H2,1-3H3,(H,37,41). The highest BCUT2D eigenvalue weighted by Crippen LogP contribution is 2.26. The van der Waals surface area contributed by atoms with Gasteiger partial charge in [-0.25, -0.2) is 12.8 Å². The highest BCUT2D eigenvalue weighted by atomic mass is 35.5. The van der Waals surface area contributed by atoms with Crippen LogP contribution in [0.3, 0.4) is 0 Å². The zero-order valence-corrected chi connectivity index (χ0v) is 26.4. The third-order valence-electron chi connectivity index (χ3n) is 7.00. The summed E-state index contributed by atoms with van der Waals surface area (Å²) in [5.74, 6) is -1.59. The molecular formula is C34H35ClFN3O4S. The van der Waals surface area contributed by atoms with Crippen molar-refractivity contribution in [1.82, 2.24) is 10.2 Å². The zero-order valence-electron chi connectivity index (χ0n) is 24.8. The number of benzene rings is 4. The van der Waals surface area contributed by atoms with Crippen molar-refractivity contribution in [2.24, 2.45) is 0 Å². The molecule has 44 heavy (non-hydrogen) atoms. The summed E-state index contributed by atoms with van der Waals surface area (Å²) >= 11 is 6.51. The van der Waals surface area contributed by atoms with Crippen molar-refractivity contribution in [1.29, 1.82) is 0 Å². The second-order valence-electron chi connectivity index (χ2n) is 10.8. The van der Waals surface area contributed by atoms with E-state index in [0.29, 0.717) is 10.6 Å². The van der Waals surface area contributed by atoms with E-state index >= 15 is 0 Å². The molecule has 0 heterocycles. The minimum Gasteiger partial charge on any atom is -0.352 e. The molecule has 4 rings (SSSR count). The van der Waals surface area contributed by atoms with Crippen molar-refractivity contribution in [3.8, 4) is 0 Å². The van der Waals surface area contributed by atoms with E-state index in [4.69, 9.17) is 11.6 Å². The molecule has 0 saturated carbocycles. The molecular weight excluding hydrogens is 601 g/mol. The number of nitrogens with zero attached hydrogens (tertiary/aromatic N) is 2. The van der Waals surface area contributed by atoms with E-state index in [-0.39, 0.29) is 35.5 Å². The Morgan fingerprint density at radius 3 is 2.09 bits per heavy atom. The van der Waals surface area contributed by atoms with Gasteiger partial charge >= 0.3 is 0 Å². The number of hydrogen-bond acceptors (Lipinski definition) is 4. The minimum absolute atomic E-state index is 0.0418. The van der Waals surface area contributed by atoms with Crippen LogP contribution in [-0.4, -0.2) is 43.8 Å². The third kappa shape index (κ3) is 8.24. The molecule has 1 atom stereocenters. The summed E-state index contributed by atoms with van der Waals surface area (Å²) < 4.78 is 42.6. The van der Waals surface area contributed by atoms with E-state index in [9.17, 15) is 22.4 Å². The summed E-state index contributed by atoms with van der Waals surface area (Å²) in [7, 11) is -4.32. The molecule has 0 radical (unpaired) electrons. The fourth-order valence-corrected chi connectivity index (χ4v) is 6.33. The van der Waals surface area contributed by atoms with Gasteiger partial charge in [-0.05, 0) is 74.4 Å². The molecule has 0 spiro atoms. The van der Waals surface area contributed by atoms with E-state index in [2.05, 4.69) is 5.32 Å². The van der Waals surface area contributed by atoms with Gasteiger partial charge in [0, 0.05) is 24.0 Å². The first-order valence-corrected chi connectivity index (χ1v) is 16.0. The normalized spacial score (nSPS) is 12.0. The second-order valence-corrected chi connectivity index (χ2v) is 13.1. The number of rotatable bonds is 12. The van der Waals surface area contributed by atoms with E-state index in [1.165, 1.54) is 4.90 Å². The van der Waals surface area contributed by atoms with Gasteiger partial charge in [-0.2, -0.15) is 0 Å². The quantitative estimate of drug-likeness (QED) is 0.202. The summed E-state index contributed by atoms with van der Waals surface area (Å²) in [5, 5.41) is 3.32. The number of nitrogens with one attached hydrogen (secondary N) is 1. The van der Waals surface area contributed by atoms with Crippen molar-refractivity contribution in [3.63, 3.8) is 0 Å². The Morgan fingerprint density at radius 2 is 1.48 bits per heavy atom. The number of aryl methyl sites for hydroxylation is 1. The third-order valence-corrected chi connectivity index (χ3v) is 9.16. The predicted octanol–water partition coefficient (Wildman–Crippen LogP) is 6.15. The predicted molar refractivity (Wildman–Crippen MR) is 171 cm³/mol. The lowest BCUT2D eigenvalue weighted by atomic mass is 10.0. The first-order valence-electron chi connectivity index (χ1n) is 14.2. The fraction of sp³-hybridized carbons (Fsp3) is 0.235. The van der Waals surface area contributed by atoms with Gasteiger partial charge in [0.25, 0.3) is 10.0 Å². The molecule has 0 saturated heterocycles. The van der Waals surface area contributed by atoms with Crippen LogP contribution in [0.15, 0.2) is 108 Å². The van der Waals surface area contributed by atoms with Gasteiger partial charge in [-0.3, -0.25) is 13.9 Å². The Balaban J connectivity index is 1.81. The molecule has 0 aliphatic carbocycles. The zero-order chi connectivity index (χ0) is 31.9. The SMILES string of the molecule is Cc1ccc(N(CC(=O)N(Cc2ccccc2Cl)C(Cc2ccccc2)C(=O)NC(C)C)S(=O)(=O)c2ccc(F)cc2)cc1. The van der Waals surface area contributed by atoms with Crippen LogP contribution in [0.1, 0.15) is 30.5 Å². The summed E-state index contributed by atoms with van der Waals surface area (Å²) in [5.41, 5.74) is 2.56. The molecule has 10 heteroatoms. The van der Waals surface area contributed by atoms with Crippen molar-refractivity contribution in [2.75, 3.05) is 10.8 Å². The molecule has 1 unspecified atom stereocenters. The van der Waals surface area contributed by atoms with Crippen LogP contribution >= 0.6 is 11.6 Å². The number of carbonyl (C=O) groups is 2. The van der Waals surface area contributed by atoms with Crippen molar-refractivity contribution < 1.29 is 22.4 Å². The lowest BCUT2D eigenvalue weighted by Gasteiger charge is -2.34. The number of amides is 2. The lowest BCUT2D eigenvalue weighted by molar-refractivity contribution is -0.140. The molecule has 230 valence electrons. The number of carbonyl (C=O) groups excluding carboxylic acids is 2. The lowest BCUT2D eigenvalue weighted by Crippen LogP contribution is -2.54. The first kappa shape index (κ1) is 32.7. The van der Waals surface area contributed by atoms with Gasteiger partial charge < -0.3 is 10.2 Å². The molecule has 0 aromatic heterocycles. The highest BCUT2D eigenvalue weighted by Gasteiger charge is 2.35. The summed E-state index contributed by atoms with van der Waals surface area (Å²) in [4.78, 5) is 29.3. The number of sulfonamides is 1. The average molecular weight is 636 g/mol. The molecule has 0 aliphatic heterocycles. The molecule has 0 fully saturated rings. The van der Waals surface area contributed by atoms with Crippen LogP contribution in [0, 0.1) is 12.7 Å². The molecule has 4 aromatic carbocycles. The van der Waals surface area contributed by atoms with Crippen LogP contribution in [0.2, 0.25) is 5.02 Å². The van der Waals surface area contributed by atoms with Crippen molar-refractivity contribution in [2.45, 2.75) is 50.7 Å². The van der Waals surface area contributed by atoms with Gasteiger partial charge in [0.1, 0.15) is 18.4 Å². The Kier molecular flexibility index (Phi) is 10.8. The molecule has 7 nitrogen and oxygen atoms in total. The molecule has 2 amide bonds. The van der Waals surface area contributed by atoms with E-state index < -0.39 is 34.3 Å². The van der Waals surface area contributed by atoms with Gasteiger partial charge in [-0.1, -0.05) is 77.8 Å². The number of anilines is 1. The Hall–Kier alpha value is -4.21. The Morgan fingerprint density at radius 1 is 0.864 bits per heavy atom. The number of hydrogen-bond donors (Lipinski definition) is 1. The Labute approximate surface area is 263 Å². The van der Waals surface area contributed by atoms with Gasteiger partial charge in [0.15, 0.2) is 0 Å². The monoisotopic (exact) mass is 635 g/mol. The van der Waals surface area contributed by atoms with E-state index in [0.717, 1.165) is 39.7 Å². The first-order chi connectivity index (χ1) is 21.0. The molecule has 1 N–H and O–H groups in total. The minimum atomic E-state index is -4.32. The van der Waals surface area contributed by atoms with Crippen LogP contribution < -0.4 is 9.62 Å². The van der Waals surface area contributed by atoms with Gasteiger partial charge in [0.2, 0.25) is 11.8 Å². The summed E-state index contributed by atoms with van der Waals surface area (Å²) in [6.45, 7) is 4.85. The van der Waals surface area contributed by atoms with Crippen molar-refractivity contribution >= 4 is 39.1 Å². The second kappa shape index (κ2) is 14.5.